The highest BCUT2D eigenvalue weighted by atomic mass is 15.4. The van der Waals surface area contributed by atoms with Crippen LogP contribution in [0.4, 0.5) is 5.82 Å². The van der Waals surface area contributed by atoms with E-state index in [1.165, 1.54) is 6.33 Å². The minimum atomic E-state index is 0.598. The maximum Gasteiger partial charge on any atom is 0.254 e. The lowest BCUT2D eigenvalue weighted by molar-refractivity contribution is 0.804. The van der Waals surface area contributed by atoms with Crippen molar-refractivity contribution in [2.24, 2.45) is 0 Å². The Kier molecular flexibility index (Phi) is 4.08. The molecular formula is C19H18N6. The van der Waals surface area contributed by atoms with E-state index in [1.807, 2.05) is 61.8 Å². The Balaban J connectivity index is 1.67. The zero-order chi connectivity index (χ0) is 17.1. The molecule has 124 valence electrons. The van der Waals surface area contributed by atoms with E-state index in [0.29, 0.717) is 5.78 Å². The zero-order valence-electron chi connectivity index (χ0n) is 13.9. The second-order valence-electron chi connectivity index (χ2n) is 5.83. The van der Waals surface area contributed by atoms with Crippen LogP contribution in [0.2, 0.25) is 0 Å². The van der Waals surface area contributed by atoms with Crippen LogP contribution in [-0.2, 0) is 6.42 Å². The molecule has 25 heavy (non-hydrogen) atoms. The van der Waals surface area contributed by atoms with Gasteiger partial charge < -0.3 is 4.90 Å². The molecule has 3 aromatic heterocycles. The zero-order valence-corrected chi connectivity index (χ0v) is 13.9. The minimum absolute atomic E-state index is 0.598. The standard InChI is InChI=1S/C19H18N6/c1-24(12-10-16-9-5-6-11-20-16)18-13-17(15-7-3-2-4-8-15)23-19-21-14-22-25(18)19/h2-9,11,13-14H,10,12H2,1H3. The van der Waals surface area contributed by atoms with Crippen LogP contribution in [0.25, 0.3) is 17.0 Å². The van der Waals surface area contributed by atoms with Gasteiger partial charge in [-0.1, -0.05) is 36.4 Å². The monoisotopic (exact) mass is 330 g/mol. The van der Waals surface area contributed by atoms with Crippen molar-refractivity contribution in [2.75, 3.05) is 18.5 Å². The summed E-state index contributed by atoms with van der Waals surface area (Å²) >= 11 is 0. The van der Waals surface area contributed by atoms with Gasteiger partial charge in [-0.25, -0.2) is 4.98 Å². The van der Waals surface area contributed by atoms with Crippen LogP contribution in [0.1, 0.15) is 5.69 Å². The van der Waals surface area contributed by atoms with Crippen LogP contribution in [0.5, 0.6) is 0 Å². The normalized spacial score (nSPS) is 10.9. The summed E-state index contributed by atoms with van der Waals surface area (Å²) in [6.45, 7) is 0.824. The number of aromatic nitrogens is 5. The highest BCUT2D eigenvalue weighted by Crippen LogP contribution is 2.23. The molecule has 0 fully saturated rings. The number of hydrogen-bond donors (Lipinski definition) is 0. The smallest absolute Gasteiger partial charge is 0.254 e. The van der Waals surface area contributed by atoms with E-state index in [2.05, 4.69) is 31.0 Å². The number of nitrogens with zero attached hydrogens (tertiary/aromatic N) is 6. The topological polar surface area (TPSA) is 59.2 Å². The maximum atomic E-state index is 4.62. The number of hydrogen-bond acceptors (Lipinski definition) is 5. The Hall–Kier alpha value is -3.28. The molecule has 0 bridgehead atoms. The molecule has 0 spiro atoms. The second kappa shape index (κ2) is 6.68. The lowest BCUT2D eigenvalue weighted by Crippen LogP contribution is -2.23. The summed E-state index contributed by atoms with van der Waals surface area (Å²) < 4.78 is 1.77. The first-order valence-electron chi connectivity index (χ1n) is 8.18. The van der Waals surface area contributed by atoms with Gasteiger partial charge in [-0.15, -0.1) is 0 Å². The van der Waals surface area contributed by atoms with Gasteiger partial charge in [-0.3, -0.25) is 4.98 Å². The molecule has 1 aromatic carbocycles. The summed E-state index contributed by atoms with van der Waals surface area (Å²) in [7, 11) is 2.05. The molecule has 4 rings (SSSR count). The summed E-state index contributed by atoms with van der Waals surface area (Å²) in [5.74, 6) is 1.55. The third kappa shape index (κ3) is 3.19. The van der Waals surface area contributed by atoms with E-state index in [-0.39, 0.29) is 0 Å². The molecule has 0 aliphatic carbocycles. The second-order valence-corrected chi connectivity index (χ2v) is 5.83. The quantitative estimate of drug-likeness (QED) is 0.563. The SMILES string of the molecule is CN(CCc1ccccn1)c1cc(-c2ccccc2)nc2ncnn12. The summed E-state index contributed by atoms with van der Waals surface area (Å²) in [5, 5.41) is 4.32. The fourth-order valence-electron chi connectivity index (χ4n) is 2.77. The van der Waals surface area contributed by atoms with Crippen LogP contribution in [-0.4, -0.2) is 38.2 Å². The number of pyridine rings is 1. The predicted molar refractivity (Wildman–Crippen MR) is 97.4 cm³/mol. The minimum Gasteiger partial charge on any atom is -0.359 e. The molecule has 0 aliphatic heterocycles. The first-order valence-corrected chi connectivity index (χ1v) is 8.18. The van der Waals surface area contributed by atoms with Crippen molar-refractivity contribution in [3.8, 4) is 11.3 Å². The number of anilines is 1. The van der Waals surface area contributed by atoms with Gasteiger partial charge in [-0.05, 0) is 12.1 Å². The summed E-state index contributed by atoms with van der Waals surface area (Å²) in [5.41, 5.74) is 3.02. The molecule has 6 nitrogen and oxygen atoms in total. The molecule has 0 aliphatic rings. The summed E-state index contributed by atoms with van der Waals surface area (Å²) in [4.78, 5) is 15.4. The number of fused-ring (bicyclic) bond motifs is 1. The average molecular weight is 330 g/mol. The van der Waals surface area contributed by atoms with Crippen LogP contribution >= 0.6 is 0 Å². The van der Waals surface area contributed by atoms with Gasteiger partial charge >= 0.3 is 0 Å². The third-order valence-corrected chi connectivity index (χ3v) is 4.12. The van der Waals surface area contributed by atoms with Gasteiger partial charge in [0.1, 0.15) is 12.1 Å². The first kappa shape index (κ1) is 15.3. The molecular weight excluding hydrogens is 312 g/mol. The largest absolute Gasteiger partial charge is 0.359 e. The average Bonchev–Trinajstić information content (AvgIpc) is 3.15. The highest BCUT2D eigenvalue weighted by Gasteiger charge is 2.12. The molecule has 3 heterocycles. The van der Waals surface area contributed by atoms with Crippen molar-refractivity contribution in [3.05, 3.63) is 72.8 Å². The van der Waals surface area contributed by atoms with Crippen molar-refractivity contribution in [3.63, 3.8) is 0 Å². The van der Waals surface area contributed by atoms with Crippen LogP contribution in [0.3, 0.4) is 0 Å². The predicted octanol–water partition coefficient (Wildman–Crippen LogP) is 2.87. The van der Waals surface area contributed by atoms with Gasteiger partial charge in [0.05, 0.1) is 5.69 Å². The molecule has 4 aromatic rings. The van der Waals surface area contributed by atoms with Crippen molar-refractivity contribution in [1.82, 2.24) is 24.6 Å². The molecule has 0 saturated heterocycles. The Labute approximate surface area is 145 Å². The van der Waals surface area contributed by atoms with Crippen molar-refractivity contribution in [1.29, 1.82) is 0 Å². The van der Waals surface area contributed by atoms with E-state index in [1.54, 1.807) is 4.52 Å². The number of rotatable bonds is 5. The fourth-order valence-corrected chi connectivity index (χ4v) is 2.77. The molecule has 0 radical (unpaired) electrons. The van der Waals surface area contributed by atoms with Gasteiger partial charge in [0.25, 0.3) is 5.78 Å². The van der Waals surface area contributed by atoms with E-state index in [9.17, 15) is 0 Å². The molecule has 0 N–H and O–H groups in total. The molecule has 0 unspecified atom stereocenters. The fraction of sp³-hybridized carbons (Fsp3) is 0.158. The number of likely N-dealkylation sites (N-methyl/N-ethyl adjacent to an activating group) is 1. The summed E-state index contributed by atoms with van der Waals surface area (Å²) in [6, 6.07) is 18.2. The lowest BCUT2D eigenvalue weighted by Gasteiger charge is -2.20. The van der Waals surface area contributed by atoms with E-state index < -0.39 is 0 Å². The van der Waals surface area contributed by atoms with Crippen LogP contribution in [0, 0.1) is 0 Å². The third-order valence-electron chi connectivity index (χ3n) is 4.12. The van der Waals surface area contributed by atoms with Gasteiger partial charge in [0.15, 0.2) is 0 Å². The maximum absolute atomic E-state index is 4.62. The van der Waals surface area contributed by atoms with Crippen molar-refractivity contribution >= 4 is 11.6 Å². The van der Waals surface area contributed by atoms with Crippen molar-refractivity contribution in [2.45, 2.75) is 6.42 Å². The van der Waals surface area contributed by atoms with Crippen LogP contribution < -0.4 is 4.90 Å². The lowest BCUT2D eigenvalue weighted by atomic mass is 10.1. The van der Waals surface area contributed by atoms with E-state index >= 15 is 0 Å². The van der Waals surface area contributed by atoms with Gasteiger partial charge in [0, 0.05) is 43.5 Å². The first-order chi connectivity index (χ1) is 12.3. The Morgan fingerprint density at radius 2 is 1.84 bits per heavy atom. The van der Waals surface area contributed by atoms with Crippen molar-refractivity contribution < 1.29 is 0 Å². The van der Waals surface area contributed by atoms with Gasteiger partial charge in [-0.2, -0.15) is 14.6 Å². The molecule has 6 heteroatoms. The Morgan fingerprint density at radius 3 is 2.64 bits per heavy atom. The molecule has 0 atom stereocenters. The number of benzene rings is 1. The molecule has 0 saturated carbocycles. The summed E-state index contributed by atoms with van der Waals surface area (Å²) in [6.07, 6.45) is 4.22. The Bertz CT molecular complexity index is 965. The highest BCUT2D eigenvalue weighted by molar-refractivity contribution is 5.65. The van der Waals surface area contributed by atoms with E-state index in [4.69, 9.17) is 0 Å². The van der Waals surface area contributed by atoms with Gasteiger partial charge in [0.2, 0.25) is 0 Å². The van der Waals surface area contributed by atoms with E-state index in [0.717, 1.165) is 35.7 Å². The van der Waals surface area contributed by atoms with Crippen LogP contribution in [0.15, 0.2) is 67.1 Å². The Morgan fingerprint density at radius 1 is 1.00 bits per heavy atom. The molecule has 0 amide bonds.